The van der Waals surface area contributed by atoms with Crippen LogP contribution in [0, 0.1) is 0 Å². The molecule has 1 fully saturated rings. The molecule has 172 valence electrons. The van der Waals surface area contributed by atoms with Crippen molar-refractivity contribution < 1.29 is 62.6 Å². The van der Waals surface area contributed by atoms with Gasteiger partial charge in [-0.1, -0.05) is 12.1 Å². The molecule has 2 aromatic heterocycles. The van der Waals surface area contributed by atoms with Crippen LogP contribution in [0.25, 0.3) is 11.2 Å². The van der Waals surface area contributed by atoms with Crippen LogP contribution in [0.15, 0.2) is 41.8 Å². The summed E-state index contributed by atoms with van der Waals surface area (Å²) in [6.07, 6.45) is -0.223. The number of anilines is 1. The first kappa shape index (κ1) is 25.9. The second kappa shape index (κ2) is 10.7. The maximum absolute atomic E-state index is 11.0. The summed E-state index contributed by atoms with van der Waals surface area (Å²) < 4.78 is 40.0. The zero-order valence-corrected chi connectivity index (χ0v) is 20.6. The fourth-order valence-corrected chi connectivity index (χ4v) is 4.07. The first-order chi connectivity index (χ1) is 15.3. The maximum atomic E-state index is 11.0. The van der Waals surface area contributed by atoms with Crippen LogP contribution < -0.4 is 34.9 Å². The van der Waals surface area contributed by atoms with Crippen LogP contribution in [0.5, 0.6) is 0 Å². The molecule has 3 heterocycles. The first-order valence-corrected chi connectivity index (χ1v) is 11.3. The van der Waals surface area contributed by atoms with Gasteiger partial charge in [0.25, 0.3) is 0 Å². The number of ether oxygens (including phenoxy) is 1. The van der Waals surface area contributed by atoms with Gasteiger partial charge in [-0.2, -0.15) is 0 Å². The number of nitrogens with one attached hydrogen (secondary N) is 1. The molecule has 0 bridgehead atoms. The summed E-state index contributed by atoms with van der Waals surface area (Å²) in [6, 6.07) is 5.81. The molecule has 1 aliphatic heterocycles. The van der Waals surface area contributed by atoms with Crippen LogP contribution in [-0.2, 0) is 21.3 Å². The average Bonchev–Trinajstić information content (AvgIpc) is 3.32. The van der Waals surface area contributed by atoms with Crippen LogP contribution in [-0.4, -0.2) is 79.3 Å². The average molecular weight is 487 g/mol. The minimum Gasteiger partial charge on any atom is -0.744 e. The third kappa shape index (κ3) is 5.53. The molecule has 1 aromatic carbocycles. The van der Waals surface area contributed by atoms with Crippen molar-refractivity contribution in [3.63, 3.8) is 0 Å². The summed E-state index contributed by atoms with van der Waals surface area (Å²) in [5, 5.41) is 32.7. The minimum absolute atomic E-state index is 0. The molecule has 0 amide bonds. The molecule has 0 aliphatic carbocycles. The molecular weight excluding hydrogens is 465 g/mol. The van der Waals surface area contributed by atoms with Crippen LogP contribution in [0.2, 0.25) is 0 Å². The maximum Gasteiger partial charge on any atom is 1.00 e. The van der Waals surface area contributed by atoms with Crippen molar-refractivity contribution in [2.24, 2.45) is 0 Å². The first-order valence-electron chi connectivity index (χ1n) is 9.88. The van der Waals surface area contributed by atoms with Gasteiger partial charge in [0.1, 0.15) is 34.8 Å². The van der Waals surface area contributed by atoms with Gasteiger partial charge in [-0.15, -0.1) is 0 Å². The Morgan fingerprint density at radius 1 is 1.12 bits per heavy atom. The monoisotopic (exact) mass is 487 g/mol. The molecule has 0 radical (unpaired) electrons. The molecule has 33 heavy (non-hydrogen) atoms. The summed E-state index contributed by atoms with van der Waals surface area (Å²) in [5.74, 6) is 0.480. The minimum atomic E-state index is -4.45. The molecule has 0 saturated carbocycles. The van der Waals surface area contributed by atoms with E-state index in [0.717, 1.165) is 5.56 Å². The van der Waals surface area contributed by atoms with Crippen LogP contribution in [0.1, 0.15) is 18.2 Å². The molecular formula is C19H22N5NaO7S. The smallest absolute Gasteiger partial charge is 0.744 e. The van der Waals surface area contributed by atoms with E-state index >= 15 is 0 Å². The van der Waals surface area contributed by atoms with Crippen LogP contribution in [0.3, 0.4) is 0 Å². The topological polar surface area (TPSA) is 183 Å². The fourth-order valence-electron chi connectivity index (χ4n) is 3.60. The number of aliphatic hydroxyl groups excluding tert-OH is 3. The molecule has 4 N–H and O–H groups in total. The van der Waals surface area contributed by atoms with Crippen molar-refractivity contribution in [3.8, 4) is 0 Å². The van der Waals surface area contributed by atoms with Gasteiger partial charge < -0.3 is 29.9 Å². The third-order valence-electron chi connectivity index (χ3n) is 5.30. The molecule has 4 rings (SSSR count). The van der Waals surface area contributed by atoms with Crippen molar-refractivity contribution in [2.75, 3.05) is 18.5 Å². The summed E-state index contributed by atoms with van der Waals surface area (Å²) in [4.78, 5) is 12.4. The van der Waals surface area contributed by atoms with E-state index in [1.807, 2.05) is 0 Å². The number of rotatable bonds is 8. The number of fused-ring (bicyclic) bond motifs is 1. The van der Waals surface area contributed by atoms with Crippen molar-refractivity contribution in [2.45, 2.75) is 42.3 Å². The van der Waals surface area contributed by atoms with E-state index in [4.69, 9.17) is 4.74 Å². The molecule has 0 spiro atoms. The van der Waals surface area contributed by atoms with Crippen molar-refractivity contribution in [3.05, 3.63) is 42.5 Å². The summed E-state index contributed by atoms with van der Waals surface area (Å²) in [7, 11) is -4.45. The van der Waals surface area contributed by atoms with E-state index in [2.05, 4.69) is 20.3 Å². The van der Waals surface area contributed by atoms with E-state index in [-0.39, 0.29) is 34.5 Å². The SMILES string of the molecule is O=S(=O)([O-])c1ccc(CCCNc2ncnc3c2ncn3[C@@H]2O[C@H](CO)[C@@H](O)[C@H]2O)cc1.[Na+]. The Hall–Kier alpha value is -1.68. The van der Waals surface area contributed by atoms with E-state index < -0.39 is 41.3 Å². The Kier molecular flexibility index (Phi) is 8.42. The van der Waals surface area contributed by atoms with Gasteiger partial charge in [-0.3, -0.25) is 4.57 Å². The fraction of sp³-hybridized carbons (Fsp3) is 0.421. The number of aliphatic hydroxyl groups is 3. The van der Waals surface area contributed by atoms with Gasteiger partial charge in [0.05, 0.1) is 17.8 Å². The van der Waals surface area contributed by atoms with Gasteiger partial charge in [0.2, 0.25) is 0 Å². The number of aromatic nitrogens is 4. The number of hydrogen-bond acceptors (Lipinski definition) is 11. The van der Waals surface area contributed by atoms with Gasteiger partial charge in [0, 0.05) is 6.54 Å². The van der Waals surface area contributed by atoms with Gasteiger partial charge in [-0.25, -0.2) is 23.4 Å². The Labute approximate surface area is 211 Å². The van der Waals surface area contributed by atoms with Gasteiger partial charge >= 0.3 is 29.6 Å². The summed E-state index contributed by atoms with van der Waals surface area (Å²) in [5.41, 5.74) is 1.74. The van der Waals surface area contributed by atoms with Crippen molar-refractivity contribution in [1.29, 1.82) is 0 Å². The van der Waals surface area contributed by atoms with Crippen molar-refractivity contribution >= 4 is 27.1 Å². The Morgan fingerprint density at radius 2 is 1.85 bits per heavy atom. The van der Waals surface area contributed by atoms with Crippen molar-refractivity contribution in [1.82, 2.24) is 19.5 Å². The number of aryl methyl sites for hydroxylation is 1. The van der Waals surface area contributed by atoms with E-state index in [9.17, 15) is 28.3 Å². The third-order valence-corrected chi connectivity index (χ3v) is 6.15. The molecule has 0 unspecified atom stereocenters. The predicted octanol–water partition coefficient (Wildman–Crippen LogP) is -3.61. The largest absolute Gasteiger partial charge is 1.00 e. The number of benzene rings is 1. The van der Waals surface area contributed by atoms with E-state index in [1.165, 1.54) is 29.4 Å². The van der Waals surface area contributed by atoms with Gasteiger partial charge in [0.15, 0.2) is 23.2 Å². The van der Waals surface area contributed by atoms with Crippen LogP contribution in [0.4, 0.5) is 5.82 Å². The molecule has 1 aliphatic rings. The van der Waals surface area contributed by atoms with E-state index in [0.29, 0.717) is 36.4 Å². The van der Waals surface area contributed by atoms with Gasteiger partial charge in [-0.05, 0) is 30.5 Å². The Balaban J connectivity index is 0.00000306. The summed E-state index contributed by atoms with van der Waals surface area (Å²) >= 11 is 0. The molecule has 14 heteroatoms. The normalized spacial score (nSPS) is 22.9. The standard InChI is InChI=1S/C19H23N5O7S.Na/c25-8-13-15(26)16(27)19(31-13)24-10-23-14-17(21-9-22-18(14)24)20-7-1-2-11-3-5-12(6-4-11)32(28,29)30;/h3-6,9-10,13,15-16,19,25-27H,1-2,7-8H2,(H,20,21,22)(H,28,29,30);/q;+1/p-1/t13-,15-,16-,19-;/m1./s1. The zero-order chi connectivity index (χ0) is 22.9. The second-order valence-corrected chi connectivity index (χ2v) is 8.78. The zero-order valence-electron chi connectivity index (χ0n) is 17.8. The molecule has 3 aromatic rings. The molecule has 12 nitrogen and oxygen atoms in total. The number of hydrogen-bond donors (Lipinski definition) is 4. The molecule has 1 saturated heterocycles. The summed E-state index contributed by atoms with van der Waals surface area (Å²) in [6.45, 7) is 0.104. The Bertz CT molecular complexity index is 1190. The number of nitrogens with zero attached hydrogens (tertiary/aromatic N) is 4. The van der Waals surface area contributed by atoms with Crippen LogP contribution >= 0.6 is 0 Å². The number of imidazole rings is 1. The van der Waals surface area contributed by atoms with E-state index in [1.54, 1.807) is 12.1 Å². The molecule has 4 atom stereocenters. The quantitative estimate of drug-likeness (QED) is 0.140. The Morgan fingerprint density at radius 3 is 2.48 bits per heavy atom. The second-order valence-electron chi connectivity index (χ2n) is 7.40. The predicted molar refractivity (Wildman–Crippen MR) is 110 cm³/mol.